The predicted octanol–water partition coefficient (Wildman–Crippen LogP) is 3.24. The molecule has 3 rings (SSSR count). The van der Waals surface area contributed by atoms with Crippen LogP contribution in [-0.4, -0.2) is 28.3 Å². The molecule has 2 aliphatic heterocycles. The SMILES string of the molecule is O=C1CC(N2C=CC(Cl)C=N2)=Nc2ccc(Br)cc2N1. The molecule has 1 atom stereocenters. The van der Waals surface area contributed by atoms with Crippen molar-refractivity contribution in [3.05, 3.63) is 34.9 Å². The number of nitrogens with one attached hydrogen (secondary N) is 1. The van der Waals surface area contributed by atoms with E-state index >= 15 is 0 Å². The minimum atomic E-state index is -0.227. The zero-order valence-corrected chi connectivity index (χ0v) is 12.6. The Morgan fingerprint density at radius 2 is 2.30 bits per heavy atom. The van der Waals surface area contributed by atoms with Gasteiger partial charge in [0.1, 0.15) is 5.84 Å². The Balaban J connectivity index is 1.99. The third-order valence-corrected chi connectivity index (χ3v) is 3.56. The summed E-state index contributed by atoms with van der Waals surface area (Å²) in [6.07, 6.45) is 5.24. The number of carbonyl (C=O) groups is 1. The number of anilines is 1. The van der Waals surface area contributed by atoms with Crippen molar-refractivity contribution in [1.82, 2.24) is 5.01 Å². The van der Waals surface area contributed by atoms with E-state index in [1.807, 2.05) is 18.2 Å². The molecule has 1 amide bonds. The Bertz CT molecular complexity index is 642. The number of halogens is 2. The number of amides is 1. The third-order valence-electron chi connectivity index (χ3n) is 2.81. The van der Waals surface area contributed by atoms with E-state index in [2.05, 4.69) is 31.3 Å². The summed E-state index contributed by atoms with van der Waals surface area (Å²) in [7, 11) is 0. The molecule has 0 bridgehead atoms. The molecule has 0 aliphatic carbocycles. The zero-order valence-electron chi connectivity index (χ0n) is 10.3. The van der Waals surface area contributed by atoms with Crippen LogP contribution in [0.15, 0.2) is 45.0 Å². The number of hydrazone groups is 1. The fraction of sp³-hybridized carbons (Fsp3) is 0.154. The van der Waals surface area contributed by atoms with Crippen molar-refractivity contribution in [2.45, 2.75) is 11.8 Å². The number of benzene rings is 1. The lowest BCUT2D eigenvalue weighted by Gasteiger charge is -2.18. The smallest absolute Gasteiger partial charge is 0.232 e. The van der Waals surface area contributed by atoms with Crippen molar-refractivity contribution in [1.29, 1.82) is 0 Å². The van der Waals surface area contributed by atoms with Crippen molar-refractivity contribution in [3.63, 3.8) is 0 Å². The average Bonchev–Trinajstić information content (AvgIpc) is 2.57. The molecule has 1 unspecified atom stereocenters. The Morgan fingerprint density at radius 3 is 3.05 bits per heavy atom. The van der Waals surface area contributed by atoms with Crippen molar-refractivity contribution < 1.29 is 4.79 Å². The Hall–Kier alpha value is -1.66. The first-order chi connectivity index (χ1) is 9.61. The van der Waals surface area contributed by atoms with Crippen LogP contribution in [0, 0.1) is 0 Å². The fourth-order valence-corrected chi connectivity index (χ4v) is 2.37. The minimum Gasteiger partial charge on any atom is -0.324 e. The van der Waals surface area contributed by atoms with Crippen LogP contribution < -0.4 is 5.32 Å². The molecular weight excluding hydrogens is 344 g/mol. The third kappa shape index (κ3) is 2.76. The second kappa shape index (κ2) is 5.38. The molecule has 1 N–H and O–H groups in total. The van der Waals surface area contributed by atoms with Crippen LogP contribution >= 0.6 is 27.5 Å². The lowest BCUT2D eigenvalue weighted by atomic mass is 10.3. The highest BCUT2D eigenvalue weighted by atomic mass is 79.9. The van der Waals surface area contributed by atoms with Crippen molar-refractivity contribution >= 4 is 56.9 Å². The summed E-state index contributed by atoms with van der Waals surface area (Å²) < 4.78 is 0.885. The number of aliphatic imine (C=N–C) groups is 1. The molecule has 102 valence electrons. The summed E-state index contributed by atoms with van der Waals surface area (Å²) in [5.74, 6) is 0.428. The number of fused-ring (bicyclic) bond motifs is 1. The summed E-state index contributed by atoms with van der Waals surface area (Å²) in [5.41, 5.74) is 1.38. The van der Waals surface area contributed by atoms with Crippen LogP contribution in [0.3, 0.4) is 0 Å². The number of rotatable bonds is 0. The van der Waals surface area contributed by atoms with Crippen LogP contribution in [0.25, 0.3) is 0 Å². The van der Waals surface area contributed by atoms with Gasteiger partial charge in [0, 0.05) is 16.9 Å². The summed E-state index contributed by atoms with van der Waals surface area (Å²) in [6.45, 7) is 0. The first kappa shape index (κ1) is 13.3. The van der Waals surface area contributed by atoms with Gasteiger partial charge in [0.25, 0.3) is 0 Å². The van der Waals surface area contributed by atoms with Gasteiger partial charge in [-0.3, -0.25) is 4.79 Å². The molecule has 0 fully saturated rings. The van der Waals surface area contributed by atoms with Crippen LogP contribution in [0.4, 0.5) is 11.4 Å². The number of hydrogen-bond donors (Lipinski definition) is 1. The monoisotopic (exact) mass is 352 g/mol. The molecule has 5 nitrogen and oxygen atoms in total. The van der Waals surface area contributed by atoms with Gasteiger partial charge in [-0.2, -0.15) is 5.10 Å². The summed E-state index contributed by atoms with van der Waals surface area (Å²) >= 11 is 9.27. The summed E-state index contributed by atoms with van der Waals surface area (Å²) in [5, 5.41) is 8.34. The lowest BCUT2D eigenvalue weighted by Crippen LogP contribution is -2.27. The van der Waals surface area contributed by atoms with Crippen molar-refractivity contribution in [2.24, 2.45) is 10.1 Å². The molecule has 1 aromatic rings. The van der Waals surface area contributed by atoms with E-state index in [1.165, 1.54) is 0 Å². The van der Waals surface area contributed by atoms with Gasteiger partial charge in [-0.25, -0.2) is 10.0 Å². The maximum Gasteiger partial charge on any atom is 0.232 e. The van der Waals surface area contributed by atoms with Gasteiger partial charge in [0.2, 0.25) is 5.91 Å². The molecule has 0 aromatic heterocycles. The van der Waals surface area contributed by atoms with Crippen molar-refractivity contribution in [3.8, 4) is 0 Å². The zero-order chi connectivity index (χ0) is 14.1. The molecular formula is C13H10BrClN4O. The van der Waals surface area contributed by atoms with Gasteiger partial charge in [-0.1, -0.05) is 15.9 Å². The van der Waals surface area contributed by atoms with Gasteiger partial charge >= 0.3 is 0 Å². The number of allylic oxidation sites excluding steroid dienone is 1. The van der Waals surface area contributed by atoms with Crippen LogP contribution in [-0.2, 0) is 4.79 Å². The Kier molecular flexibility index (Phi) is 3.58. The topological polar surface area (TPSA) is 57.1 Å². The van der Waals surface area contributed by atoms with Crippen LogP contribution in [0.1, 0.15) is 6.42 Å². The first-order valence-corrected chi connectivity index (χ1v) is 7.17. The van der Waals surface area contributed by atoms with Gasteiger partial charge in [-0.15, -0.1) is 11.6 Å². The number of nitrogens with zero attached hydrogens (tertiary/aromatic N) is 3. The number of carbonyl (C=O) groups excluding carboxylic acids is 1. The quantitative estimate of drug-likeness (QED) is 0.728. The minimum absolute atomic E-state index is 0.128. The molecule has 2 heterocycles. The predicted molar refractivity (Wildman–Crippen MR) is 83.6 cm³/mol. The highest BCUT2D eigenvalue weighted by molar-refractivity contribution is 9.10. The second-order valence-electron chi connectivity index (χ2n) is 4.31. The molecule has 0 radical (unpaired) electrons. The molecule has 2 aliphatic rings. The van der Waals surface area contributed by atoms with Gasteiger partial charge in [0.05, 0.1) is 23.2 Å². The van der Waals surface area contributed by atoms with E-state index in [1.54, 1.807) is 23.5 Å². The van der Waals surface area contributed by atoms with Gasteiger partial charge in [-0.05, 0) is 24.3 Å². The molecule has 0 saturated heterocycles. The Morgan fingerprint density at radius 1 is 1.45 bits per heavy atom. The molecule has 0 spiro atoms. The first-order valence-electron chi connectivity index (χ1n) is 5.94. The largest absolute Gasteiger partial charge is 0.324 e. The molecule has 7 heteroatoms. The van der Waals surface area contributed by atoms with E-state index < -0.39 is 0 Å². The van der Waals surface area contributed by atoms with Crippen LogP contribution in [0.5, 0.6) is 0 Å². The summed E-state index contributed by atoms with van der Waals surface area (Å²) in [4.78, 5) is 16.4. The second-order valence-corrected chi connectivity index (χ2v) is 5.73. The van der Waals surface area contributed by atoms with E-state index in [4.69, 9.17) is 11.6 Å². The highest BCUT2D eigenvalue weighted by Crippen LogP contribution is 2.31. The number of amidine groups is 1. The number of alkyl halides is 1. The molecule has 20 heavy (non-hydrogen) atoms. The number of hydrogen-bond acceptors (Lipinski definition) is 4. The normalized spacial score (nSPS) is 21.1. The van der Waals surface area contributed by atoms with E-state index in [0.29, 0.717) is 17.2 Å². The van der Waals surface area contributed by atoms with Gasteiger partial charge in [0.15, 0.2) is 0 Å². The standard InChI is InChI=1S/C13H10BrClN4O/c14-8-1-2-10-11(5-8)18-13(20)6-12(17-10)19-4-3-9(15)7-16-19/h1-5,7,9H,6H2,(H,18,20). The highest BCUT2D eigenvalue weighted by Gasteiger charge is 2.20. The van der Waals surface area contributed by atoms with Crippen molar-refractivity contribution in [2.75, 3.05) is 5.32 Å². The maximum atomic E-state index is 11.9. The van der Waals surface area contributed by atoms with E-state index in [0.717, 1.165) is 4.47 Å². The Labute approximate surface area is 129 Å². The van der Waals surface area contributed by atoms with Crippen LogP contribution in [0.2, 0.25) is 0 Å². The fourth-order valence-electron chi connectivity index (χ4n) is 1.89. The van der Waals surface area contributed by atoms with E-state index in [9.17, 15) is 4.79 Å². The van der Waals surface area contributed by atoms with E-state index in [-0.39, 0.29) is 17.7 Å². The maximum absolute atomic E-state index is 11.9. The molecule has 1 aromatic carbocycles. The molecule has 0 saturated carbocycles. The summed E-state index contributed by atoms with van der Waals surface area (Å²) in [6, 6.07) is 5.54. The lowest BCUT2D eigenvalue weighted by molar-refractivity contribution is -0.115. The van der Waals surface area contributed by atoms with Gasteiger partial charge < -0.3 is 5.32 Å². The average molecular weight is 354 g/mol.